The van der Waals surface area contributed by atoms with Crippen LogP contribution in [0.1, 0.15) is 180 Å². The van der Waals surface area contributed by atoms with E-state index in [0.29, 0.717) is 69.8 Å². The third kappa shape index (κ3) is 18.3. The Hall–Kier alpha value is -7.10. The van der Waals surface area contributed by atoms with Crippen LogP contribution in [0.3, 0.4) is 0 Å². The summed E-state index contributed by atoms with van der Waals surface area (Å²) in [7, 11) is 8.70. The van der Waals surface area contributed by atoms with Gasteiger partial charge in [0.05, 0.1) is 36.8 Å². The zero-order valence-corrected chi connectivity index (χ0v) is 61.5. The molecule has 7 fully saturated rings. The maximum Gasteiger partial charge on any atom is 0.417 e. The largest absolute Gasteiger partial charge is 0.417 e. The number of morpholine rings is 1. The molecule has 0 bridgehead atoms. The Kier molecular flexibility index (Phi) is 27.5. The van der Waals surface area contributed by atoms with E-state index in [9.17, 15) is 37.1 Å². The highest BCUT2D eigenvalue weighted by atomic mass is 35.5. The van der Waals surface area contributed by atoms with Crippen LogP contribution in [-0.4, -0.2) is 263 Å². The number of hydrogen-bond acceptors (Lipinski definition) is 13. The van der Waals surface area contributed by atoms with Gasteiger partial charge in [-0.05, 0) is 119 Å². The third-order valence-electron chi connectivity index (χ3n) is 22.9. The topological polar surface area (TPSA) is 279 Å². The average molecular weight is 1440 g/mol. The first-order chi connectivity index (χ1) is 47.9. The van der Waals surface area contributed by atoms with Gasteiger partial charge in [-0.2, -0.15) is 13.2 Å². The molecule has 1 spiro atoms. The summed E-state index contributed by atoms with van der Waals surface area (Å²) in [6.07, 6.45) is 4.18. The van der Waals surface area contributed by atoms with Crippen molar-refractivity contribution < 1.29 is 75.4 Å². The van der Waals surface area contributed by atoms with Gasteiger partial charge in [-0.25, -0.2) is 0 Å². The molecular formula is C72H108ClF3N12O13. The SMILES string of the molecule is CCCCC[C@H]1C(=O)N[C@@H]([C@@H](C)CC)C(=O)N(C)[C@@H](C)C(=O)N2CC[C@H]2C(=O)N(C)[C@@H](C2CCCC2)C(=O)N(C)CC(=O)N[C@@H](CCc2ccc(C(F)(F)F)c(Cl)c2)C(=O)N2CCC[C@H]2C(=O)NC2(CCCC2)C(=O)N(C)[C@@H](C2CCCC2)C(=O)N(C)[C@H](C(=O)N2CCOCC2)CC(=O)N1C. The Labute approximate surface area is 597 Å². The van der Waals surface area contributed by atoms with E-state index in [1.807, 2.05) is 13.8 Å². The second-order valence-corrected chi connectivity index (χ2v) is 29.8. The standard InChI is InChI=1S/C72H108ClF3N12O13/c1-11-13-14-26-52-61(91)78-58(44(3)12-2)67(97)81(6)45(4)63(93)88-36-32-54(88)65(95)84(9)59(47-22-15-16-23-47)68(98)80(5)43-56(89)77-51(31-29-46-28-30-49(50(73)41-46)72(74,75)76)64(94)87-35-21-27-53(87)62(92)79-71(33-19-20-34-71)70(100)85(10)60(48-24-17-18-25-48)69(99)83(8)55(42-57(90)82(52)7)66(96)86-37-39-101-40-38-86/h28,30,41,44-45,47-48,51-55,58-60H,11-27,29,31-40,42-43H2,1-10H3,(H,77,89)(H,78,91)(H,79,92)/t44-,45-,51-,52-,53-,54-,55-,58-,59-,60-/m0/s1. The highest BCUT2D eigenvalue weighted by Gasteiger charge is 2.53. The lowest BCUT2D eigenvalue weighted by atomic mass is 9.90. The lowest BCUT2D eigenvalue weighted by Gasteiger charge is -2.45. The van der Waals surface area contributed by atoms with Gasteiger partial charge in [0.1, 0.15) is 59.9 Å². The molecule has 12 amide bonds. The molecule has 101 heavy (non-hydrogen) atoms. The average Bonchev–Trinajstić information content (AvgIpc) is 1.48. The summed E-state index contributed by atoms with van der Waals surface area (Å²) in [6.45, 7) is 7.41. The van der Waals surface area contributed by atoms with E-state index in [1.165, 1.54) is 94.5 Å². The molecule has 1 aromatic rings. The van der Waals surface area contributed by atoms with Crippen molar-refractivity contribution in [2.75, 3.05) is 88.2 Å². The van der Waals surface area contributed by atoms with Gasteiger partial charge in [0.25, 0.3) is 0 Å². The molecule has 3 aliphatic carbocycles. The summed E-state index contributed by atoms with van der Waals surface area (Å²) < 4.78 is 47.2. The Morgan fingerprint density at radius 3 is 1.83 bits per heavy atom. The first-order valence-electron chi connectivity index (χ1n) is 36.7. The number of benzene rings is 1. The third-order valence-corrected chi connectivity index (χ3v) is 23.2. The minimum absolute atomic E-state index is 0.0362. The van der Waals surface area contributed by atoms with Gasteiger partial charge in [-0.3, -0.25) is 57.5 Å². The number of nitrogens with one attached hydrogen (secondary N) is 3. The summed E-state index contributed by atoms with van der Waals surface area (Å²) in [5.41, 5.74) is -2.35. The minimum atomic E-state index is -4.76. The number of aryl methyl sites for hydroxylation is 1. The van der Waals surface area contributed by atoms with Crippen molar-refractivity contribution in [2.24, 2.45) is 17.8 Å². The second kappa shape index (κ2) is 34.9. The number of carbonyl (C=O) groups excluding carboxylic acids is 12. The molecule has 4 saturated heterocycles. The van der Waals surface area contributed by atoms with E-state index >= 15 is 33.6 Å². The summed E-state index contributed by atoms with van der Waals surface area (Å²) in [5, 5.41) is 8.22. The van der Waals surface area contributed by atoms with Gasteiger partial charge in [-0.1, -0.05) is 103 Å². The summed E-state index contributed by atoms with van der Waals surface area (Å²) in [5.74, 6) is -8.79. The van der Waals surface area contributed by atoms with E-state index in [1.54, 1.807) is 6.92 Å². The Bertz CT molecular complexity index is 3190. The van der Waals surface area contributed by atoms with Crippen LogP contribution in [-0.2, 0) is 74.9 Å². The first-order valence-corrected chi connectivity index (χ1v) is 37.1. The Balaban J connectivity index is 1.18. The highest BCUT2D eigenvalue weighted by molar-refractivity contribution is 6.31. The van der Waals surface area contributed by atoms with Gasteiger partial charge < -0.3 is 64.8 Å². The van der Waals surface area contributed by atoms with Crippen LogP contribution in [0, 0.1) is 17.8 Å². The van der Waals surface area contributed by atoms with Crippen LogP contribution in [0.15, 0.2) is 18.2 Å². The molecule has 7 aliphatic rings. The quantitative estimate of drug-likeness (QED) is 0.228. The Morgan fingerprint density at radius 2 is 1.26 bits per heavy atom. The monoisotopic (exact) mass is 1440 g/mol. The smallest absolute Gasteiger partial charge is 0.378 e. The number of nitrogens with zero attached hydrogens (tertiary/aromatic N) is 9. The number of alkyl halides is 3. The molecular weight excluding hydrogens is 1330 g/mol. The van der Waals surface area contributed by atoms with Gasteiger partial charge in [0.2, 0.25) is 70.9 Å². The lowest BCUT2D eigenvalue weighted by Crippen LogP contribution is -2.65. The summed E-state index contributed by atoms with van der Waals surface area (Å²) >= 11 is 6.16. The van der Waals surface area contributed by atoms with E-state index in [2.05, 4.69) is 16.0 Å². The normalized spacial score (nSPS) is 28.4. The molecule has 25 nitrogen and oxygen atoms in total. The fraction of sp³-hybridized carbons (Fsp3) is 0.750. The second-order valence-electron chi connectivity index (χ2n) is 29.4. The number of hydrogen-bond donors (Lipinski definition) is 3. The van der Waals surface area contributed by atoms with Gasteiger partial charge in [0.15, 0.2) is 0 Å². The molecule has 3 saturated carbocycles. The van der Waals surface area contributed by atoms with Gasteiger partial charge in [0, 0.05) is 68.5 Å². The van der Waals surface area contributed by atoms with E-state index < -0.39 is 172 Å². The summed E-state index contributed by atoms with van der Waals surface area (Å²) in [4.78, 5) is 193. The van der Waals surface area contributed by atoms with Crippen LogP contribution in [0.4, 0.5) is 13.2 Å². The fourth-order valence-corrected chi connectivity index (χ4v) is 16.5. The van der Waals surface area contributed by atoms with Gasteiger partial charge in [-0.15, -0.1) is 0 Å². The van der Waals surface area contributed by atoms with E-state index in [-0.39, 0.29) is 90.3 Å². The number of amides is 12. The maximum atomic E-state index is 15.7. The molecule has 4 heterocycles. The van der Waals surface area contributed by atoms with Crippen LogP contribution >= 0.6 is 11.6 Å². The predicted octanol–water partition coefficient (Wildman–Crippen LogP) is 5.16. The Morgan fingerprint density at radius 1 is 0.644 bits per heavy atom. The molecule has 0 aromatic heterocycles. The van der Waals surface area contributed by atoms with Crippen molar-refractivity contribution in [1.82, 2.24) is 60.0 Å². The minimum Gasteiger partial charge on any atom is -0.378 e. The predicted molar refractivity (Wildman–Crippen MR) is 368 cm³/mol. The van der Waals surface area contributed by atoms with Crippen LogP contribution in [0.25, 0.3) is 0 Å². The molecule has 8 rings (SSSR count). The zero-order valence-electron chi connectivity index (χ0n) is 60.7. The van der Waals surface area contributed by atoms with Crippen LogP contribution < -0.4 is 16.0 Å². The lowest BCUT2D eigenvalue weighted by molar-refractivity contribution is -0.161. The molecule has 3 N–H and O–H groups in total. The molecule has 0 unspecified atom stereocenters. The van der Waals surface area contributed by atoms with Crippen molar-refractivity contribution >= 4 is 82.5 Å². The van der Waals surface area contributed by atoms with E-state index in [4.69, 9.17) is 16.3 Å². The maximum absolute atomic E-state index is 15.7. The van der Waals surface area contributed by atoms with Crippen LogP contribution in [0.5, 0.6) is 0 Å². The van der Waals surface area contributed by atoms with Crippen molar-refractivity contribution in [1.29, 1.82) is 0 Å². The number of likely N-dealkylation sites (N-methyl/N-ethyl adjacent to an activating group) is 6. The highest BCUT2D eigenvalue weighted by Crippen LogP contribution is 2.39. The summed E-state index contributed by atoms with van der Waals surface area (Å²) in [6, 6.07) is -7.74. The molecule has 1 aromatic carbocycles. The molecule has 4 aliphatic heterocycles. The molecule has 10 atom stereocenters. The zero-order chi connectivity index (χ0) is 73.9. The van der Waals surface area contributed by atoms with Gasteiger partial charge >= 0.3 is 6.18 Å². The van der Waals surface area contributed by atoms with Crippen molar-refractivity contribution in [3.63, 3.8) is 0 Å². The number of ether oxygens (including phenoxy) is 1. The van der Waals surface area contributed by atoms with Crippen molar-refractivity contribution in [2.45, 2.75) is 241 Å². The molecule has 0 radical (unpaired) electrons. The van der Waals surface area contributed by atoms with E-state index in [0.717, 1.165) is 49.1 Å². The number of unbranched alkanes of at least 4 members (excludes halogenated alkanes) is 2. The number of halogens is 4. The molecule has 562 valence electrons. The number of fused-ring (bicyclic) bond motifs is 2. The van der Waals surface area contributed by atoms with Crippen molar-refractivity contribution in [3.8, 4) is 0 Å². The van der Waals surface area contributed by atoms with Crippen LogP contribution in [0.2, 0.25) is 5.02 Å². The fourth-order valence-electron chi connectivity index (χ4n) is 16.2. The first kappa shape index (κ1) is 79.6. The molecule has 29 heteroatoms. The number of rotatable bonds is 12. The number of carbonyl (C=O) groups is 12. The van der Waals surface area contributed by atoms with Crippen molar-refractivity contribution in [3.05, 3.63) is 34.3 Å².